The van der Waals surface area contributed by atoms with E-state index in [4.69, 9.17) is 11.5 Å². The van der Waals surface area contributed by atoms with E-state index in [-0.39, 0.29) is 5.95 Å². The molecule has 9 nitrogen and oxygen atoms in total. The lowest BCUT2D eigenvalue weighted by Gasteiger charge is -2.08. The van der Waals surface area contributed by atoms with Crippen molar-refractivity contribution in [3.63, 3.8) is 0 Å². The Bertz CT molecular complexity index is 1100. The van der Waals surface area contributed by atoms with Crippen LogP contribution in [-0.4, -0.2) is 59.9 Å². The van der Waals surface area contributed by atoms with E-state index in [0.29, 0.717) is 17.9 Å². The molecule has 10 heteroatoms. The minimum absolute atomic E-state index is 0.134. The van der Waals surface area contributed by atoms with Crippen LogP contribution < -0.4 is 11.5 Å². The normalized spacial score (nSPS) is 17.1. The Morgan fingerprint density at radius 3 is 2.71 bits per heavy atom. The van der Waals surface area contributed by atoms with Gasteiger partial charge in [0.05, 0.1) is 5.69 Å². The van der Waals surface area contributed by atoms with E-state index in [1.165, 1.54) is 0 Å². The number of rotatable bonds is 2. The zero-order valence-electron chi connectivity index (χ0n) is 15.5. The molecule has 0 amide bonds. The van der Waals surface area contributed by atoms with Crippen LogP contribution in [0.15, 0.2) is 36.8 Å². The van der Waals surface area contributed by atoms with Crippen LogP contribution in [-0.2, 0) is 0 Å². The summed E-state index contributed by atoms with van der Waals surface area (Å²) >= 11 is 0. The maximum Gasteiger partial charge on any atom is 0.240 e. The molecule has 1 aliphatic rings. The molecule has 0 aliphatic carbocycles. The fourth-order valence-corrected chi connectivity index (χ4v) is 3.31. The van der Waals surface area contributed by atoms with Gasteiger partial charge in [-0.25, -0.2) is 18.4 Å². The number of likely N-dealkylation sites (tertiary alicyclic amines) is 1. The van der Waals surface area contributed by atoms with Gasteiger partial charge in [0.15, 0.2) is 11.5 Å². The highest BCUT2D eigenvalue weighted by Gasteiger charge is 2.19. The zero-order valence-corrected chi connectivity index (χ0v) is 15.5. The van der Waals surface area contributed by atoms with Crippen LogP contribution in [0.3, 0.4) is 0 Å². The van der Waals surface area contributed by atoms with Crippen LogP contribution in [0, 0.1) is 0 Å². The van der Waals surface area contributed by atoms with Crippen molar-refractivity contribution < 1.29 is 4.39 Å². The smallest absolute Gasteiger partial charge is 0.240 e. The molecule has 0 radical (unpaired) electrons. The van der Waals surface area contributed by atoms with Crippen molar-refractivity contribution in [1.29, 1.82) is 0 Å². The molecule has 1 saturated heterocycles. The van der Waals surface area contributed by atoms with Crippen molar-refractivity contribution in [3.05, 3.63) is 36.8 Å². The summed E-state index contributed by atoms with van der Waals surface area (Å²) in [5.74, 6) is 0.459. The number of nitrogens with zero attached hydrogens (tertiary/aromatic N) is 7. The van der Waals surface area contributed by atoms with Crippen LogP contribution in [0.25, 0.3) is 22.4 Å². The molecule has 0 bridgehead atoms. The summed E-state index contributed by atoms with van der Waals surface area (Å²) in [6, 6.07) is 5.65. The first-order valence-corrected chi connectivity index (χ1v) is 9.12. The van der Waals surface area contributed by atoms with E-state index < -0.39 is 6.17 Å². The molecular formula is C18H22FN9. The van der Waals surface area contributed by atoms with Crippen LogP contribution in [0.2, 0.25) is 0 Å². The molecule has 0 aromatic carbocycles. The van der Waals surface area contributed by atoms with Crippen molar-refractivity contribution >= 4 is 22.9 Å². The average Bonchev–Trinajstić information content (AvgIpc) is 3.40. The largest absolute Gasteiger partial charge is 0.382 e. The fraction of sp³-hybridized carbons (Fsp3) is 0.333. The summed E-state index contributed by atoms with van der Waals surface area (Å²) < 4.78 is 15.6. The molecule has 4 aromatic rings. The standard InChI is InChI=1S/C12H10N8.C6H12FN/c13-11-10-7(3-5-20(10)18-12(14)16-11)8-1-2-9-15-4-6-19(9)17-8;1-2-8-4-3-6(7)5-8/h1-6H,(H4,13,14,16,18);6H,2-5H2,1H3/t;6-/m.1/s1. The Labute approximate surface area is 160 Å². The first-order chi connectivity index (χ1) is 13.5. The lowest BCUT2D eigenvalue weighted by Crippen LogP contribution is -2.19. The second-order valence-electron chi connectivity index (χ2n) is 6.61. The number of hydrogen-bond donors (Lipinski definition) is 2. The van der Waals surface area contributed by atoms with Gasteiger partial charge in [-0.2, -0.15) is 10.1 Å². The summed E-state index contributed by atoms with van der Waals surface area (Å²) in [6.45, 7) is 4.69. The third-order valence-corrected chi connectivity index (χ3v) is 4.75. The number of anilines is 2. The van der Waals surface area contributed by atoms with Gasteiger partial charge >= 0.3 is 0 Å². The lowest BCUT2D eigenvalue weighted by atomic mass is 10.2. The Kier molecular flexibility index (Phi) is 4.78. The van der Waals surface area contributed by atoms with Gasteiger partial charge in [0, 0.05) is 37.2 Å². The van der Waals surface area contributed by atoms with Crippen molar-refractivity contribution in [2.75, 3.05) is 31.1 Å². The molecule has 1 aliphatic heterocycles. The van der Waals surface area contributed by atoms with Crippen LogP contribution in [0.5, 0.6) is 0 Å². The third kappa shape index (κ3) is 3.46. The van der Waals surface area contributed by atoms with Crippen molar-refractivity contribution in [1.82, 2.24) is 34.1 Å². The molecule has 4 N–H and O–H groups in total. The Morgan fingerprint density at radius 2 is 2.00 bits per heavy atom. The molecule has 0 unspecified atom stereocenters. The van der Waals surface area contributed by atoms with E-state index in [1.807, 2.05) is 18.2 Å². The first kappa shape index (κ1) is 18.1. The molecular weight excluding hydrogens is 361 g/mol. The third-order valence-electron chi connectivity index (χ3n) is 4.75. The van der Waals surface area contributed by atoms with Crippen LogP contribution in [0.1, 0.15) is 13.3 Å². The van der Waals surface area contributed by atoms with Gasteiger partial charge in [0.2, 0.25) is 5.95 Å². The number of nitrogen functional groups attached to an aromatic ring is 2. The molecule has 5 heterocycles. The van der Waals surface area contributed by atoms with Gasteiger partial charge in [-0.05, 0) is 31.2 Å². The minimum atomic E-state index is -0.546. The number of alkyl halides is 1. The Balaban J connectivity index is 0.000000203. The molecule has 1 atom stereocenters. The second kappa shape index (κ2) is 7.39. The highest BCUT2D eigenvalue weighted by molar-refractivity contribution is 5.86. The molecule has 1 fully saturated rings. The molecule has 5 rings (SSSR count). The van der Waals surface area contributed by atoms with Gasteiger partial charge < -0.3 is 16.4 Å². The SMILES string of the molecule is CCN1CC[C@@H](F)C1.Nc1nc(N)c2c(-c3ccc4nccn4n3)ccn2n1. The number of imidazole rings is 1. The zero-order chi connectivity index (χ0) is 19.7. The summed E-state index contributed by atoms with van der Waals surface area (Å²) in [4.78, 5) is 10.3. The summed E-state index contributed by atoms with van der Waals surface area (Å²) in [5, 5.41) is 8.58. The number of aromatic nitrogens is 6. The summed E-state index contributed by atoms with van der Waals surface area (Å²) in [5.41, 5.74) is 14.6. The Morgan fingerprint density at radius 1 is 1.14 bits per heavy atom. The maximum absolute atomic E-state index is 12.3. The number of nitrogens with two attached hydrogens (primary N) is 2. The van der Waals surface area contributed by atoms with Gasteiger partial charge in [-0.3, -0.25) is 0 Å². The molecule has 4 aromatic heterocycles. The topological polar surface area (TPSA) is 116 Å². The fourth-order valence-electron chi connectivity index (χ4n) is 3.31. The van der Waals surface area contributed by atoms with E-state index in [9.17, 15) is 4.39 Å². The Hall–Kier alpha value is -3.27. The molecule has 0 spiro atoms. The second-order valence-corrected chi connectivity index (χ2v) is 6.61. The predicted molar refractivity (Wildman–Crippen MR) is 105 cm³/mol. The highest BCUT2D eigenvalue weighted by Crippen LogP contribution is 2.27. The van der Waals surface area contributed by atoms with Crippen molar-refractivity contribution in [2.24, 2.45) is 0 Å². The average molecular weight is 383 g/mol. The first-order valence-electron chi connectivity index (χ1n) is 9.12. The molecule has 146 valence electrons. The number of halogens is 1. The van der Waals surface area contributed by atoms with E-state index >= 15 is 0 Å². The quantitative estimate of drug-likeness (QED) is 0.541. The highest BCUT2D eigenvalue weighted by atomic mass is 19.1. The predicted octanol–water partition coefficient (Wildman–Crippen LogP) is 1.65. The van der Waals surface area contributed by atoms with Crippen LogP contribution in [0.4, 0.5) is 16.2 Å². The van der Waals surface area contributed by atoms with Gasteiger partial charge in [-0.15, -0.1) is 5.10 Å². The lowest BCUT2D eigenvalue weighted by molar-refractivity contribution is 0.298. The van der Waals surface area contributed by atoms with E-state index in [2.05, 4.69) is 32.0 Å². The van der Waals surface area contributed by atoms with E-state index in [1.54, 1.807) is 27.6 Å². The number of fused-ring (bicyclic) bond motifs is 2. The molecule has 0 saturated carbocycles. The summed E-state index contributed by atoms with van der Waals surface area (Å²) in [7, 11) is 0. The monoisotopic (exact) mass is 383 g/mol. The maximum atomic E-state index is 12.3. The van der Waals surface area contributed by atoms with Crippen molar-refractivity contribution in [2.45, 2.75) is 19.5 Å². The van der Waals surface area contributed by atoms with Gasteiger partial charge in [0.25, 0.3) is 0 Å². The van der Waals surface area contributed by atoms with Gasteiger partial charge in [-0.1, -0.05) is 6.92 Å². The summed E-state index contributed by atoms with van der Waals surface area (Å²) in [6.07, 6.45) is 5.46. The minimum Gasteiger partial charge on any atom is -0.382 e. The van der Waals surface area contributed by atoms with Crippen LogP contribution >= 0.6 is 0 Å². The number of hydrogen-bond acceptors (Lipinski definition) is 7. The van der Waals surface area contributed by atoms with Gasteiger partial charge in [0.1, 0.15) is 11.7 Å². The van der Waals surface area contributed by atoms with Crippen molar-refractivity contribution in [3.8, 4) is 11.3 Å². The molecule has 28 heavy (non-hydrogen) atoms. The van der Waals surface area contributed by atoms with E-state index in [0.717, 1.165) is 36.4 Å².